The summed E-state index contributed by atoms with van der Waals surface area (Å²) in [6, 6.07) is 8.30. The third-order valence-corrected chi connectivity index (χ3v) is 6.45. The van der Waals surface area contributed by atoms with Gasteiger partial charge in [0.2, 0.25) is 11.8 Å². The molecule has 0 bridgehead atoms. The molecule has 2 amide bonds. The second kappa shape index (κ2) is 8.08. The van der Waals surface area contributed by atoms with E-state index in [1.165, 1.54) is 17.6 Å². The van der Waals surface area contributed by atoms with Crippen molar-refractivity contribution in [1.29, 1.82) is 0 Å². The number of allylic oxidation sites excluding steroid dienone is 2. The van der Waals surface area contributed by atoms with Gasteiger partial charge >= 0.3 is 0 Å². The summed E-state index contributed by atoms with van der Waals surface area (Å²) < 4.78 is 0. The normalized spacial score (nSPS) is 26.6. The van der Waals surface area contributed by atoms with Crippen LogP contribution in [0.4, 0.5) is 0 Å². The molecule has 0 spiro atoms. The molecule has 3 aliphatic rings. The number of nitrogens with one attached hydrogen (secondary N) is 1. The summed E-state index contributed by atoms with van der Waals surface area (Å²) >= 11 is 0. The lowest BCUT2D eigenvalue weighted by molar-refractivity contribution is -0.152. The van der Waals surface area contributed by atoms with Crippen LogP contribution < -0.4 is 5.32 Å². The van der Waals surface area contributed by atoms with Gasteiger partial charge in [0, 0.05) is 24.8 Å². The number of likely N-dealkylation sites (tertiary alicyclic amines) is 1. The lowest BCUT2D eigenvalue weighted by atomic mass is 9.74. The monoisotopic (exact) mass is 382 g/mol. The summed E-state index contributed by atoms with van der Waals surface area (Å²) in [5.41, 5.74) is 3.82. The molecular weight excluding hydrogens is 352 g/mol. The largest absolute Gasteiger partial charge is 0.394 e. The van der Waals surface area contributed by atoms with Crippen LogP contribution in [0.1, 0.15) is 62.5 Å². The topological polar surface area (TPSA) is 69.6 Å². The molecule has 1 saturated carbocycles. The van der Waals surface area contributed by atoms with Crippen LogP contribution in [0.25, 0.3) is 5.57 Å². The smallest absolute Gasteiger partial charge is 0.226 e. The average Bonchev–Trinajstić information content (AvgIpc) is 3.42. The number of amides is 2. The number of benzene rings is 1. The molecule has 1 aliphatic heterocycles. The number of carbonyl (C=O) groups is 2. The minimum Gasteiger partial charge on any atom is -0.394 e. The fourth-order valence-corrected chi connectivity index (χ4v) is 4.68. The quantitative estimate of drug-likeness (QED) is 0.762. The van der Waals surface area contributed by atoms with E-state index >= 15 is 0 Å². The molecule has 1 aromatic carbocycles. The lowest BCUT2D eigenvalue weighted by Gasteiger charge is -2.55. The van der Waals surface area contributed by atoms with Gasteiger partial charge in [0.25, 0.3) is 0 Å². The summed E-state index contributed by atoms with van der Waals surface area (Å²) in [6.45, 7) is 2.22. The van der Waals surface area contributed by atoms with Crippen LogP contribution in [0.2, 0.25) is 0 Å². The lowest BCUT2D eigenvalue weighted by Crippen LogP contribution is -2.68. The van der Waals surface area contributed by atoms with Crippen LogP contribution in [-0.4, -0.2) is 47.1 Å². The Balaban J connectivity index is 1.55. The molecule has 1 aromatic rings. The van der Waals surface area contributed by atoms with E-state index in [9.17, 15) is 14.7 Å². The van der Waals surface area contributed by atoms with Crippen molar-refractivity contribution in [2.45, 2.75) is 63.5 Å². The van der Waals surface area contributed by atoms with Gasteiger partial charge in [-0.15, -0.1) is 0 Å². The van der Waals surface area contributed by atoms with Gasteiger partial charge in [0.15, 0.2) is 0 Å². The van der Waals surface area contributed by atoms with Crippen molar-refractivity contribution in [3.8, 4) is 0 Å². The fraction of sp³-hybridized carbons (Fsp3) is 0.565. The van der Waals surface area contributed by atoms with Crippen LogP contribution in [0, 0.1) is 5.92 Å². The van der Waals surface area contributed by atoms with E-state index in [-0.39, 0.29) is 42.3 Å². The SMILES string of the molecule is CCC(=O)NC[C@H]1[C@@H](c2ccc(C3=CCCC3)cc2)[C@H](CO)N1C(=O)C1CC1. The molecule has 2 aliphatic carbocycles. The van der Waals surface area contributed by atoms with Crippen molar-refractivity contribution in [1.82, 2.24) is 10.2 Å². The number of nitrogens with zero attached hydrogens (tertiary/aromatic N) is 1. The first-order valence-electron chi connectivity index (χ1n) is 10.6. The van der Waals surface area contributed by atoms with Gasteiger partial charge in [0.05, 0.1) is 18.7 Å². The Kier molecular flexibility index (Phi) is 5.54. The Labute approximate surface area is 166 Å². The minimum atomic E-state index is -0.201. The molecule has 150 valence electrons. The summed E-state index contributed by atoms with van der Waals surface area (Å²) in [4.78, 5) is 26.4. The van der Waals surface area contributed by atoms with E-state index in [2.05, 4.69) is 35.7 Å². The first-order chi connectivity index (χ1) is 13.6. The Bertz CT molecular complexity index is 767. The van der Waals surface area contributed by atoms with Crippen molar-refractivity contribution in [2.75, 3.05) is 13.2 Å². The highest BCUT2D eigenvalue weighted by Gasteiger charge is 2.53. The van der Waals surface area contributed by atoms with Crippen molar-refractivity contribution in [3.05, 3.63) is 41.5 Å². The number of carbonyl (C=O) groups excluding carboxylic acids is 2. The zero-order valence-corrected chi connectivity index (χ0v) is 16.6. The van der Waals surface area contributed by atoms with E-state index in [0.717, 1.165) is 31.2 Å². The van der Waals surface area contributed by atoms with Gasteiger partial charge in [-0.3, -0.25) is 9.59 Å². The third kappa shape index (κ3) is 3.60. The van der Waals surface area contributed by atoms with Crippen molar-refractivity contribution in [2.24, 2.45) is 5.92 Å². The molecule has 28 heavy (non-hydrogen) atoms. The predicted octanol–water partition coefficient (Wildman–Crippen LogP) is 2.85. The second-order valence-corrected chi connectivity index (χ2v) is 8.26. The predicted molar refractivity (Wildman–Crippen MR) is 109 cm³/mol. The van der Waals surface area contributed by atoms with Crippen LogP contribution >= 0.6 is 0 Å². The van der Waals surface area contributed by atoms with Gasteiger partial charge in [-0.25, -0.2) is 0 Å². The standard InChI is InChI=1S/C23H30N2O3/c1-2-21(27)24-13-19-22(20(14-26)25(19)23(28)18-11-12-18)17-9-7-16(8-10-17)15-5-3-4-6-15/h5,7-10,18-20,22,26H,2-4,6,11-14H2,1H3,(H,24,27)/t19-,20-,22+/m0/s1. The maximum absolute atomic E-state index is 12.8. The third-order valence-electron chi connectivity index (χ3n) is 6.45. The molecule has 5 heteroatoms. The highest BCUT2D eigenvalue weighted by molar-refractivity contribution is 5.83. The Hall–Kier alpha value is -2.14. The van der Waals surface area contributed by atoms with E-state index in [1.54, 1.807) is 0 Å². The number of hydrogen-bond acceptors (Lipinski definition) is 3. The highest BCUT2D eigenvalue weighted by atomic mass is 16.3. The zero-order valence-electron chi connectivity index (χ0n) is 16.6. The number of aliphatic hydroxyl groups is 1. The Morgan fingerprint density at radius 2 is 1.93 bits per heavy atom. The molecular formula is C23H30N2O3. The molecule has 1 heterocycles. The Morgan fingerprint density at radius 1 is 1.18 bits per heavy atom. The van der Waals surface area contributed by atoms with Gasteiger partial charge in [0.1, 0.15) is 0 Å². The summed E-state index contributed by atoms with van der Waals surface area (Å²) in [7, 11) is 0. The molecule has 2 fully saturated rings. The van der Waals surface area contributed by atoms with E-state index in [1.807, 2.05) is 11.8 Å². The molecule has 4 rings (SSSR count). The first-order valence-corrected chi connectivity index (χ1v) is 10.6. The average molecular weight is 383 g/mol. The zero-order chi connectivity index (χ0) is 19.7. The van der Waals surface area contributed by atoms with Crippen LogP contribution in [-0.2, 0) is 9.59 Å². The molecule has 3 atom stereocenters. The van der Waals surface area contributed by atoms with Gasteiger partial charge in [-0.2, -0.15) is 0 Å². The van der Waals surface area contributed by atoms with E-state index < -0.39 is 0 Å². The van der Waals surface area contributed by atoms with Crippen molar-refractivity contribution >= 4 is 17.4 Å². The molecule has 2 N–H and O–H groups in total. The van der Waals surface area contributed by atoms with Crippen molar-refractivity contribution in [3.63, 3.8) is 0 Å². The molecule has 0 unspecified atom stereocenters. The number of rotatable bonds is 7. The van der Waals surface area contributed by atoms with E-state index in [0.29, 0.717) is 13.0 Å². The summed E-state index contributed by atoms with van der Waals surface area (Å²) in [5.74, 6) is 0.292. The molecule has 0 aromatic heterocycles. The second-order valence-electron chi connectivity index (χ2n) is 8.26. The van der Waals surface area contributed by atoms with Crippen molar-refractivity contribution < 1.29 is 14.7 Å². The Morgan fingerprint density at radius 3 is 2.50 bits per heavy atom. The first kappa shape index (κ1) is 19.2. The summed E-state index contributed by atoms with van der Waals surface area (Å²) in [5, 5.41) is 13.0. The molecule has 0 radical (unpaired) electrons. The highest BCUT2D eigenvalue weighted by Crippen LogP contribution is 2.44. The van der Waals surface area contributed by atoms with Gasteiger partial charge < -0.3 is 15.3 Å². The van der Waals surface area contributed by atoms with Crippen LogP contribution in [0.15, 0.2) is 30.3 Å². The molecule has 1 saturated heterocycles. The van der Waals surface area contributed by atoms with Crippen LogP contribution in [0.3, 0.4) is 0 Å². The maximum atomic E-state index is 12.8. The maximum Gasteiger partial charge on any atom is 0.226 e. The number of aliphatic hydroxyl groups excluding tert-OH is 1. The van der Waals surface area contributed by atoms with E-state index in [4.69, 9.17) is 0 Å². The van der Waals surface area contributed by atoms with Gasteiger partial charge in [-0.1, -0.05) is 37.3 Å². The number of hydrogen-bond donors (Lipinski definition) is 2. The van der Waals surface area contributed by atoms with Crippen LogP contribution in [0.5, 0.6) is 0 Å². The molecule has 5 nitrogen and oxygen atoms in total. The summed E-state index contributed by atoms with van der Waals surface area (Å²) in [6.07, 6.45) is 8.14. The minimum absolute atomic E-state index is 0.00598. The van der Waals surface area contributed by atoms with Gasteiger partial charge in [-0.05, 0) is 48.8 Å². The fourth-order valence-electron chi connectivity index (χ4n) is 4.68.